The molecule has 0 aromatic heterocycles. The molecule has 0 aliphatic heterocycles. The van der Waals surface area contributed by atoms with E-state index in [1.54, 1.807) is 0 Å². The topological polar surface area (TPSA) is 57.2 Å². The molecule has 0 aliphatic rings. The molecule has 29 heavy (non-hydrogen) atoms. The molecule has 0 aromatic rings. The van der Waals surface area contributed by atoms with E-state index >= 15 is 0 Å². The summed E-state index contributed by atoms with van der Waals surface area (Å²) in [6.07, 6.45) is 28.2. The van der Waals surface area contributed by atoms with Gasteiger partial charge in [0.1, 0.15) is 5.78 Å². The monoisotopic (exact) mass is 409 g/mol. The van der Waals surface area contributed by atoms with Crippen molar-refractivity contribution in [2.45, 2.75) is 155 Å². The van der Waals surface area contributed by atoms with Crippen molar-refractivity contribution in [1.82, 2.24) is 0 Å². The Balaban J connectivity index is 3.07. The molecular formula is C26H49O3-. The molecule has 0 saturated heterocycles. The van der Waals surface area contributed by atoms with E-state index in [9.17, 15) is 14.7 Å². The van der Waals surface area contributed by atoms with Gasteiger partial charge in [-0.2, -0.15) is 0 Å². The van der Waals surface area contributed by atoms with Crippen LogP contribution in [0.15, 0.2) is 0 Å². The fraction of sp³-hybridized carbons (Fsp3) is 0.923. The van der Waals surface area contributed by atoms with Crippen LogP contribution in [-0.4, -0.2) is 11.8 Å². The summed E-state index contributed by atoms with van der Waals surface area (Å²) in [6.45, 7) is 2.28. The zero-order chi connectivity index (χ0) is 21.4. The maximum absolute atomic E-state index is 11.2. The van der Waals surface area contributed by atoms with E-state index in [1.807, 2.05) is 0 Å². The van der Waals surface area contributed by atoms with Gasteiger partial charge in [-0.15, -0.1) is 0 Å². The lowest BCUT2D eigenvalue weighted by Crippen LogP contribution is -2.25. The van der Waals surface area contributed by atoms with Crippen LogP contribution in [0.2, 0.25) is 0 Å². The number of carboxylic acid groups (broad SMARTS) is 1. The van der Waals surface area contributed by atoms with Crippen LogP contribution < -0.4 is 5.11 Å². The Labute approximate surface area is 181 Å². The van der Waals surface area contributed by atoms with Gasteiger partial charge in [0.2, 0.25) is 0 Å². The molecule has 0 radical (unpaired) electrons. The maximum atomic E-state index is 11.2. The Bertz CT molecular complexity index is 365. The van der Waals surface area contributed by atoms with Crippen LogP contribution in [-0.2, 0) is 9.59 Å². The molecule has 0 spiro atoms. The number of carbonyl (C=O) groups excluding carboxylic acids is 2. The largest absolute Gasteiger partial charge is 0.550 e. The third-order valence-corrected chi connectivity index (χ3v) is 5.90. The molecule has 0 N–H and O–H groups in total. The van der Waals surface area contributed by atoms with E-state index in [4.69, 9.17) is 0 Å². The van der Waals surface area contributed by atoms with Crippen molar-refractivity contribution in [3.63, 3.8) is 0 Å². The number of hydrogen-bond acceptors (Lipinski definition) is 3. The van der Waals surface area contributed by atoms with Crippen molar-refractivity contribution < 1.29 is 14.7 Å². The summed E-state index contributed by atoms with van der Waals surface area (Å²) in [5.74, 6) is -1.44. The van der Waals surface area contributed by atoms with Crippen molar-refractivity contribution in [3.8, 4) is 0 Å². The molecule has 0 rings (SSSR count). The van der Waals surface area contributed by atoms with Gasteiger partial charge in [0.25, 0.3) is 0 Å². The lowest BCUT2D eigenvalue weighted by atomic mass is 10.0. The van der Waals surface area contributed by atoms with Crippen LogP contribution in [0.5, 0.6) is 0 Å². The smallest absolute Gasteiger partial charge is 0.138 e. The molecule has 0 saturated carbocycles. The lowest BCUT2D eigenvalue weighted by Gasteiger charge is -2.04. The van der Waals surface area contributed by atoms with Crippen molar-refractivity contribution in [1.29, 1.82) is 0 Å². The first-order chi connectivity index (χ1) is 14.2. The third kappa shape index (κ3) is 25.1. The summed E-state index contributed by atoms with van der Waals surface area (Å²) in [4.78, 5) is 21.5. The Morgan fingerprint density at radius 3 is 1.03 bits per heavy atom. The summed E-state index contributed by atoms with van der Waals surface area (Å²) in [5, 5.41) is 10.3. The van der Waals surface area contributed by atoms with Crippen molar-refractivity contribution in [2.24, 2.45) is 0 Å². The van der Waals surface area contributed by atoms with Crippen LogP contribution in [0.1, 0.15) is 155 Å². The highest BCUT2D eigenvalue weighted by atomic mass is 16.4. The third-order valence-electron chi connectivity index (χ3n) is 5.90. The molecule has 0 bridgehead atoms. The molecule has 0 atom stereocenters. The Kier molecular flexibility index (Phi) is 22.7. The molecule has 0 aromatic carbocycles. The predicted octanol–water partition coefficient (Wildman–Crippen LogP) is 7.30. The molecule has 0 heterocycles. The average Bonchev–Trinajstić information content (AvgIpc) is 2.68. The number of carbonyl (C=O) groups is 2. The summed E-state index contributed by atoms with van der Waals surface area (Å²) < 4.78 is 0. The van der Waals surface area contributed by atoms with Crippen LogP contribution in [0.4, 0.5) is 0 Å². The average molecular weight is 410 g/mol. The molecule has 172 valence electrons. The minimum atomic E-state index is -1.25. The number of aliphatic carboxylic acids is 1. The van der Waals surface area contributed by atoms with E-state index in [1.165, 1.54) is 116 Å². The molecule has 3 heteroatoms. The Hall–Kier alpha value is -0.860. The van der Waals surface area contributed by atoms with E-state index in [-0.39, 0.29) is 5.78 Å². The number of hydrogen-bond donors (Lipinski definition) is 0. The van der Waals surface area contributed by atoms with Gasteiger partial charge in [-0.3, -0.25) is 4.79 Å². The quantitative estimate of drug-likeness (QED) is 0.124. The lowest BCUT2D eigenvalue weighted by molar-refractivity contribution is -0.304. The molecule has 3 nitrogen and oxygen atoms in total. The second-order valence-electron chi connectivity index (χ2n) is 8.91. The first kappa shape index (κ1) is 28.1. The summed E-state index contributed by atoms with van der Waals surface area (Å²) in [7, 11) is 0. The minimum absolute atomic E-state index is 0.192. The SMILES string of the molecule is CCCCCCCCCCCCCCCCCCCCCCCC(=O)CC(=O)[O-]. The number of rotatable bonds is 24. The van der Waals surface area contributed by atoms with E-state index < -0.39 is 12.4 Å². The zero-order valence-electron chi connectivity index (χ0n) is 19.5. The van der Waals surface area contributed by atoms with Gasteiger partial charge in [0.05, 0.1) is 0 Å². The van der Waals surface area contributed by atoms with Crippen molar-refractivity contribution in [3.05, 3.63) is 0 Å². The summed E-state index contributed by atoms with van der Waals surface area (Å²) in [5.41, 5.74) is 0. The molecule has 0 unspecified atom stereocenters. The Morgan fingerprint density at radius 1 is 0.483 bits per heavy atom. The normalized spacial score (nSPS) is 11.1. The summed E-state index contributed by atoms with van der Waals surface area (Å²) in [6, 6.07) is 0. The molecule has 0 fully saturated rings. The number of ketones is 1. The first-order valence-corrected chi connectivity index (χ1v) is 12.9. The summed E-state index contributed by atoms with van der Waals surface area (Å²) >= 11 is 0. The number of Topliss-reactive ketones (excluding diaryl/α,β-unsaturated/α-hetero) is 1. The number of unbranched alkanes of at least 4 members (excludes halogenated alkanes) is 20. The van der Waals surface area contributed by atoms with Crippen LogP contribution >= 0.6 is 0 Å². The highest BCUT2D eigenvalue weighted by Crippen LogP contribution is 2.15. The van der Waals surface area contributed by atoms with Crippen LogP contribution in [0.3, 0.4) is 0 Å². The number of carboxylic acids is 1. The Morgan fingerprint density at radius 2 is 0.759 bits per heavy atom. The van der Waals surface area contributed by atoms with Gasteiger partial charge >= 0.3 is 0 Å². The van der Waals surface area contributed by atoms with E-state index in [0.29, 0.717) is 6.42 Å². The molecule has 0 amide bonds. The molecule has 0 aliphatic carbocycles. The second-order valence-corrected chi connectivity index (χ2v) is 8.91. The van der Waals surface area contributed by atoms with Crippen LogP contribution in [0, 0.1) is 0 Å². The predicted molar refractivity (Wildman–Crippen MR) is 122 cm³/mol. The van der Waals surface area contributed by atoms with Gasteiger partial charge in [-0.25, -0.2) is 0 Å². The highest BCUT2D eigenvalue weighted by Gasteiger charge is 2.01. The van der Waals surface area contributed by atoms with Crippen molar-refractivity contribution >= 4 is 11.8 Å². The van der Waals surface area contributed by atoms with Crippen molar-refractivity contribution in [2.75, 3.05) is 0 Å². The maximum Gasteiger partial charge on any atom is 0.138 e. The van der Waals surface area contributed by atoms with Gasteiger partial charge < -0.3 is 9.90 Å². The second kappa shape index (κ2) is 23.4. The van der Waals surface area contributed by atoms with Gasteiger partial charge in [0.15, 0.2) is 0 Å². The highest BCUT2D eigenvalue weighted by molar-refractivity contribution is 5.93. The fourth-order valence-corrected chi connectivity index (χ4v) is 4.00. The van der Waals surface area contributed by atoms with Crippen LogP contribution in [0.25, 0.3) is 0 Å². The van der Waals surface area contributed by atoms with Gasteiger partial charge in [-0.1, -0.05) is 135 Å². The van der Waals surface area contributed by atoms with E-state index in [0.717, 1.165) is 19.3 Å². The first-order valence-electron chi connectivity index (χ1n) is 12.9. The fourth-order valence-electron chi connectivity index (χ4n) is 4.00. The van der Waals surface area contributed by atoms with Gasteiger partial charge in [0, 0.05) is 18.8 Å². The van der Waals surface area contributed by atoms with Gasteiger partial charge in [-0.05, 0) is 6.42 Å². The standard InChI is InChI=1S/C26H50O3/c1-2-3-4-5-6-7-8-9-10-11-12-13-14-15-16-17-18-19-20-21-22-23-25(27)24-26(28)29/h2-24H2,1H3,(H,28,29)/p-1. The minimum Gasteiger partial charge on any atom is -0.550 e. The zero-order valence-corrected chi connectivity index (χ0v) is 19.5. The van der Waals surface area contributed by atoms with E-state index in [2.05, 4.69) is 6.92 Å². The molecular weight excluding hydrogens is 360 g/mol.